The summed E-state index contributed by atoms with van der Waals surface area (Å²) in [5, 5.41) is 4.18. The minimum atomic E-state index is -0.265. The van der Waals surface area contributed by atoms with Crippen LogP contribution in [0.2, 0.25) is 0 Å². The quantitative estimate of drug-likeness (QED) is 0.671. The van der Waals surface area contributed by atoms with Crippen LogP contribution < -0.4 is 0 Å². The predicted molar refractivity (Wildman–Crippen MR) is 85.1 cm³/mol. The molecular weight excluding hydrogens is 312 g/mol. The van der Waals surface area contributed by atoms with Gasteiger partial charge in [-0.05, 0) is 42.3 Å². The first kappa shape index (κ1) is 15.5. The van der Waals surface area contributed by atoms with Crippen molar-refractivity contribution in [1.82, 2.24) is 14.8 Å². The molecule has 3 aromatic rings. The third kappa shape index (κ3) is 3.71. The number of nitrogens with zero attached hydrogens (tertiary/aromatic N) is 3. The Balaban J connectivity index is 1.92. The van der Waals surface area contributed by atoms with E-state index in [-0.39, 0.29) is 22.8 Å². The van der Waals surface area contributed by atoms with Crippen LogP contribution >= 0.6 is 0 Å². The Hall–Kier alpha value is -2.34. The van der Waals surface area contributed by atoms with E-state index in [1.165, 1.54) is 30.6 Å². The maximum absolute atomic E-state index is 13.2. The summed E-state index contributed by atoms with van der Waals surface area (Å²) < 4.78 is 28.2. The first-order valence-electron chi connectivity index (χ1n) is 7.24. The zero-order valence-corrected chi connectivity index (χ0v) is 13.5. The van der Waals surface area contributed by atoms with Gasteiger partial charge in [0.2, 0.25) is 0 Å². The molecule has 3 nitrogen and oxygen atoms in total. The molecule has 23 heavy (non-hydrogen) atoms. The molecule has 0 spiro atoms. The van der Waals surface area contributed by atoms with Crippen molar-refractivity contribution < 1.29 is 8.78 Å². The normalized spacial score (nSPS) is 12.5. The van der Waals surface area contributed by atoms with Crippen LogP contribution in [0.1, 0.15) is 29.3 Å². The smallest absolute Gasteiger partial charge is 0.137 e. The molecule has 0 bridgehead atoms. The van der Waals surface area contributed by atoms with E-state index >= 15 is 0 Å². The van der Waals surface area contributed by atoms with Crippen LogP contribution in [0, 0.1) is 11.6 Å². The molecule has 0 aliphatic rings. The number of halogens is 2. The molecule has 0 aliphatic carbocycles. The molecule has 6 heteroatoms. The highest BCUT2D eigenvalue weighted by molar-refractivity contribution is 6.40. The molecule has 0 saturated carbocycles. The van der Waals surface area contributed by atoms with Gasteiger partial charge in [-0.25, -0.2) is 13.8 Å². The molecule has 116 valence electrons. The van der Waals surface area contributed by atoms with E-state index < -0.39 is 0 Å². The van der Waals surface area contributed by atoms with E-state index in [1.807, 2.05) is 0 Å². The van der Waals surface area contributed by atoms with Gasteiger partial charge in [0.15, 0.2) is 0 Å². The molecule has 2 radical (unpaired) electrons. The SMILES string of the molecule is CC([Si]C(c1ccc(F)cc1)c1ccc(F)cc1)n1cncn1. The van der Waals surface area contributed by atoms with Gasteiger partial charge in [0.05, 0.1) is 9.52 Å². The lowest BCUT2D eigenvalue weighted by Gasteiger charge is -2.21. The minimum absolute atomic E-state index is 0.0513. The highest BCUT2D eigenvalue weighted by Crippen LogP contribution is 2.27. The second kappa shape index (κ2) is 6.83. The van der Waals surface area contributed by atoms with Crippen LogP contribution in [-0.2, 0) is 0 Å². The fourth-order valence-electron chi connectivity index (χ4n) is 2.43. The average Bonchev–Trinajstić information content (AvgIpc) is 3.09. The van der Waals surface area contributed by atoms with Crippen LogP contribution in [0.4, 0.5) is 8.78 Å². The molecule has 0 saturated heterocycles. The largest absolute Gasteiger partial charge is 0.254 e. The molecule has 1 heterocycles. The van der Waals surface area contributed by atoms with Gasteiger partial charge in [-0.1, -0.05) is 24.3 Å². The van der Waals surface area contributed by atoms with Gasteiger partial charge in [0.25, 0.3) is 0 Å². The lowest BCUT2D eigenvalue weighted by molar-refractivity contribution is 0.616. The Morgan fingerprint density at radius 2 is 1.43 bits per heavy atom. The van der Waals surface area contributed by atoms with Crippen LogP contribution in [0.3, 0.4) is 0 Å². The molecule has 1 atom stereocenters. The molecular formula is C17H15F2N3Si. The first-order valence-corrected chi connectivity index (χ1v) is 8.40. The van der Waals surface area contributed by atoms with Gasteiger partial charge in [-0.2, -0.15) is 5.10 Å². The van der Waals surface area contributed by atoms with Crippen molar-refractivity contribution in [2.75, 3.05) is 0 Å². The van der Waals surface area contributed by atoms with Crippen molar-refractivity contribution in [2.45, 2.75) is 18.1 Å². The topological polar surface area (TPSA) is 30.7 Å². The minimum Gasteiger partial charge on any atom is -0.254 e. The van der Waals surface area contributed by atoms with Crippen molar-refractivity contribution >= 4 is 9.52 Å². The van der Waals surface area contributed by atoms with Crippen LogP contribution in [0.5, 0.6) is 0 Å². The monoisotopic (exact) mass is 327 g/mol. The summed E-state index contributed by atoms with van der Waals surface area (Å²) in [7, 11) is 0.456. The number of hydrogen-bond acceptors (Lipinski definition) is 2. The Morgan fingerprint density at radius 1 is 0.913 bits per heavy atom. The molecule has 0 fully saturated rings. The van der Waals surface area contributed by atoms with Crippen LogP contribution in [-0.4, -0.2) is 24.3 Å². The van der Waals surface area contributed by atoms with Crippen LogP contribution in [0.15, 0.2) is 61.2 Å². The van der Waals surface area contributed by atoms with Crippen molar-refractivity contribution in [3.8, 4) is 0 Å². The highest BCUT2D eigenvalue weighted by atomic mass is 28.2. The van der Waals surface area contributed by atoms with Crippen molar-refractivity contribution in [3.05, 3.63) is 83.9 Å². The van der Waals surface area contributed by atoms with Crippen molar-refractivity contribution in [2.24, 2.45) is 0 Å². The van der Waals surface area contributed by atoms with E-state index in [0.29, 0.717) is 9.52 Å². The predicted octanol–water partition coefficient (Wildman–Crippen LogP) is 3.57. The number of aromatic nitrogens is 3. The first-order chi connectivity index (χ1) is 11.1. The molecule has 0 N–H and O–H groups in total. The van der Waals surface area contributed by atoms with E-state index in [4.69, 9.17) is 0 Å². The van der Waals surface area contributed by atoms with Gasteiger partial charge >= 0.3 is 0 Å². The zero-order valence-electron chi connectivity index (χ0n) is 12.5. The second-order valence-corrected chi connectivity index (χ2v) is 7.00. The Bertz CT molecular complexity index is 697. The molecule has 2 aromatic carbocycles. The fraction of sp³-hybridized carbons (Fsp3) is 0.176. The summed E-state index contributed by atoms with van der Waals surface area (Å²) in [4.78, 5) is 3.98. The molecule has 3 rings (SSSR count). The maximum Gasteiger partial charge on any atom is 0.137 e. The van der Waals surface area contributed by atoms with Crippen molar-refractivity contribution in [1.29, 1.82) is 0 Å². The summed E-state index contributed by atoms with van der Waals surface area (Å²) in [6, 6.07) is 12.9. The maximum atomic E-state index is 13.2. The lowest BCUT2D eigenvalue weighted by Crippen LogP contribution is -2.21. The van der Waals surface area contributed by atoms with Gasteiger partial charge in [-0.3, -0.25) is 4.68 Å². The summed E-state index contributed by atoms with van der Waals surface area (Å²) >= 11 is 0. The zero-order chi connectivity index (χ0) is 16.2. The molecule has 1 aromatic heterocycles. The highest BCUT2D eigenvalue weighted by Gasteiger charge is 2.20. The van der Waals surface area contributed by atoms with Gasteiger partial charge in [0.1, 0.15) is 24.3 Å². The van der Waals surface area contributed by atoms with Crippen molar-refractivity contribution in [3.63, 3.8) is 0 Å². The Kier molecular flexibility index (Phi) is 4.62. The average molecular weight is 327 g/mol. The third-order valence-electron chi connectivity index (χ3n) is 3.65. The summed E-state index contributed by atoms with van der Waals surface area (Å²) in [6.45, 7) is 2.06. The number of hydrogen-bond donors (Lipinski definition) is 0. The second-order valence-electron chi connectivity index (χ2n) is 5.25. The molecule has 1 unspecified atom stereocenters. The number of rotatable bonds is 5. The fourth-order valence-corrected chi connectivity index (χ4v) is 3.97. The van der Waals surface area contributed by atoms with Crippen LogP contribution in [0.25, 0.3) is 0 Å². The van der Waals surface area contributed by atoms with Gasteiger partial charge in [-0.15, -0.1) is 0 Å². The van der Waals surface area contributed by atoms with E-state index in [0.717, 1.165) is 11.1 Å². The third-order valence-corrected chi connectivity index (χ3v) is 5.39. The van der Waals surface area contributed by atoms with E-state index in [9.17, 15) is 8.78 Å². The summed E-state index contributed by atoms with van der Waals surface area (Å²) in [6.07, 6.45) is 3.19. The molecule has 0 aliphatic heterocycles. The van der Waals surface area contributed by atoms with Gasteiger partial charge in [0, 0.05) is 11.2 Å². The summed E-state index contributed by atoms with van der Waals surface area (Å²) in [5.41, 5.74) is 2.19. The Morgan fingerprint density at radius 3 is 1.87 bits per heavy atom. The summed E-state index contributed by atoms with van der Waals surface area (Å²) in [5.74, 6) is -0.529. The Labute approximate surface area is 135 Å². The standard InChI is InChI=1S/C17H15F2N3Si/c1-12(22-11-20-10-21-22)23-17(13-2-6-15(18)7-3-13)14-4-8-16(19)9-5-14/h2-12,17H,1H3. The number of benzene rings is 2. The molecule has 0 amide bonds. The van der Waals surface area contributed by atoms with E-state index in [2.05, 4.69) is 17.0 Å². The van der Waals surface area contributed by atoms with Gasteiger partial charge < -0.3 is 0 Å². The van der Waals surface area contributed by atoms with E-state index in [1.54, 1.807) is 35.3 Å². The lowest BCUT2D eigenvalue weighted by atomic mass is 10.0.